The molecule has 1 heterocycles. The minimum absolute atomic E-state index is 0.174. The predicted molar refractivity (Wildman–Crippen MR) is 73.1 cm³/mol. The highest BCUT2D eigenvalue weighted by molar-refractivity contribution is 5.31. The molecule has 1 aliphatic rings. The Balaban J connectivity index is 1.68. The van der Waals surface area contributed by atoms with Gasteiger partial charge in [-0.05, 0) is 38.3 Å². The molecule has 1 aromatic carbocycles. The molecule has 3 nitrogen and oxygen atoms in total. The van der Waals surface area contributed by atoms with Gasteiger partial charge in [-0.1, -0.05) is 18.2 Å². The van der Waals surface area contributed by atoms with Crippen LogP contribution in [-0.4, -0.2) is 31.9 Å². The maximum atomic E-state index is 5.91. The van der Waals surface area contributed by atoms with E-state index in [9.17, 15) is 0 Å². The van der Waals surface area contributed by atoms with Gasteiger partial charge in [0.1, 0.15) is 11.9 Å². The van der Waals surface area contributed by atoms with E-state index < -0.39 is 0 Å². The zero-order valence-electron chi connectivity index (χ0n) is 11.3. The van der Waals surface area contributed by atoms with Crippen LogP contribution in [0.25, 0.3) is 0 Å². The lowest BCUT2D eigenvalue weighted by atomic mass is 10.2. The lowest BCUT2D eigenvalue weighted by Gasteiger charge is -2.18. The normalized spacial score (nSPS) is 20.9. The lowest BCUT2D eigenvalue weighted by Crippen LogP contribution is -2.34. The van der Waals surface area contributed by atoms with Gasteiger partial charge in [-0.25, -0.2) is 0 Å². The van der Waals surface area contributed by atoms with Crippen molar-refractivity contribution in [3.05, 3.63) is 29.8 Å². The maximum Gasteiger partial charge on any atom is 0.122 e. The lowest BCUT2D eigenvalue weighted by molar-refractivity contribution is 0.106. The summed E-state index contributed by atoms with van der Waals surface area (Å²) in [5, 5.41) is 3.42. The van der Waals surface area contributed by atoms with Crippen molar-refractivity contribution >= 4 is 0 Å². The zero-order valence-corrected chi connectivity index (χ0v) is 11.3. The fourth-order valence-electron chi connectivity index (χ4n) is 2.20. The Kier molecular flexibility index (Phi) is 5.02. The summed E-state index contributed by atoms with van der Waals surface area (Å²) in [6, 6.07) is 8.13. The van der Waals surface area contributed by atoms with Crippen LogP contribution in [0.2, 0.25) is 0 Å². The minimum atomic E-state index is 0.174. The molecule has 2 unspecified atom stereocenters. The van der Waals surface area contributed by atoms with Gasteiger partial charge in [-0.2, -0.15) is 0 Å². The predicted octanol–water partition coefficient (Wildman–Crippen LogP) is 2.53. The zero-order chi connectivity index (χ0) is 12.8. The van der Waals surface area contributed by atoms with Crippen LogP contribution >= 0.6 is 0 Å². The van der Waals surface area contributed by atoms with Gasteiger partial charge in [0, 0.05) is 19.7 Å². The van der Waals surface area contributed by atoms with Crippen LogP contribution < -0.4 is 10.1 Å². The summed E-state index contributed by atoms with van der Waals surface area (Å²) < 4.78 is 11.5. The Morgan fingerprint density at radius 2 is 2.28 bits per heavy atom. The summed E-state index contributed by atoms with van der Waals surface area (Å²) in [4.78, 5) is 0. The molecule has 0 aromatic heterocycles. The first-order valence-corrected chi connectivity index (χ1v) is 6.80. The molecule has 1 saturated heterocycles. The van der Waals surface area contributed by atoms with Crippen LogP contribution in [0.4, 0.5) is 0 Å². The van der Waals surface area contributed by atoms with Crippen molar-refractivity contribution in [1.82, 2.24) is 5.32 Å². The second-order valence-electron chi connectivity index (χ2n) is 4.99. The number of aryl methyl sites for hydroxylation is 1. The highest BCUT2D eigenvalue weighted by Gasteiger charge is 2.15. The van der Waals surface area contributed by atoms with Gasteiger partial charge in [0.2, 0.25) is 0 Å². The van der Waals surface area contributed by atoms with Gasteiger partial charge < -0.3 is 14.8 Å². The van der Waals surface area contributed by atoms with Crippen LogP contribution in [0.15, 0.2) is 24.3 Å². The highest BCUT2D eigenvalue weighted by atomic mass is 16.5. The Labute approximate surface area is 109 Å². The number of hydrogen-bond donors (Lipinski definition) is 1. The first kappa shape index (κ1) is 13.4. The summed E-state index contributed by atoms with van der Waals surface area (Å²) in [5.41, 5.74) is 1.18. The van der Waals surface area contributed by atoms with E-state index in [1.807, 2.05) is 18.2 Å². The second kappa shape index (κ2) is 6.76. The Morgan fingerprint density at radius 3 is 3.00 bits per heavy atom. The fraction of sp³-hybridized carbons (Fsp3) is 0.600. The number of benzene rings is 1. The van der Waals surface area contributed by atoms with E-state index in [2.05, 4.69) is 25.2 Å². The van der Waals surface area contributed by atoms with Crippen molar-refractivity contribution < 1.29 is 9.47 Å². The van der Waals surface area contributed by atoms with E-state index in [0.717, 1.165) is 25.4 Å². The maximum absolute atomic E-state index is 5.91. The highest BCUT2D eigenvalue weighted by Crippen LogP contribution is 2.17. The van der Waals surface area contributed by atoms with Crippen molar-refractivity contribution in [2.24, 2.45) is 0 Å². The molecule has 3 heteroatoms. The molecule has 100 valence electrons. The van der Waals surface area contributed by atoms with Gasteiger partial charge in [0.25, 0.3) is 0 Å². The third-order valence-corrected chi connectivity index (χ3v) is 3.25. The Hall–Kier alpha value is -1.06. The molecule has 1 N–H and O–H groups in total. The SMILES string of the molecule is Cc1ccccc1OC(C)CNCC1CCCO1. The number of nitrogens with one attached hydrogen (secondary N) is 1. The van der Waals surface area contributed by atoms with Crippen LogP contribution in [0, 0.1) is 6.92 Å². The van der Waals surface area contributed by atoms with E-state index in [0.29, 0.717) is 6.10 Å². The van der Waals surface area contributed by atoms with Gasteiger partial charge in [0.15, 0.2) is 0 Å². The van der Waals surface area contributed by atoms with Crippen LogP contribution in [0.5, 0.6) is 5.75 Å². The Bertz CT molecular complexity index is 361. The van der Waals surface area contributed by atoms with Gasteiger partial charge in [0.05, 0.1) is 6.10 Å². The summed E-state index contributed by atoms with van der Waals surface area (Å²) >= 11 is 0. The average molecular weight is 249 g/mol. The summed E-state index contributed by atoms with van der Waals surface area (Å²) in [6.45, 7) is 6.87. The van der Waals surface area contributed by atoms with Crippen molar-refractivity contribution in [3.63, 3.8) is 0 Å². The van der Waals surface area contributed by atoms with Crippen molar-refractivity contribution in [3.8, 4) is 5.75 Å². The molecule has 2 atom stereocenters. The third kappa shape index (κ3) is 4.00. The number of ether oxygens (including phenoxy) is 2. The van der Waals surface area contributed by atoms with Gasteiger partial charge in [-0.15, -0.1) is 0 Å². The largest absolute Gasteiger partial charge is 0.489 e. The number of para-hydroxylation sites is 1. The fourth-order valence-corrected chi connectivity index (χ4v) is 2.20. The van der Waals surface area contributed by atoms with Crippen LogP contribution in [0.1, 0.15) is 25.3 Å². The number of hydrogen-bond acceptors (Lipinski definition) is 3. The van der Waals surface area contributed by atoms with E-state index in [1.165, 1.54) is 18.4 Å². The average Bonchev–Trinajstić information content (AvgIpc) is 2.85. The summed E-state index contributed by atoms with van der Waals surface area (Å²) in [5.74, 6) is 0.976. The molecule has 18 heavy (non-hydrogen) atoms. The first-order chi connectivity index (χ1) is 8.75. The molecule has 0 radical (unpaired) electrons. The summed E-state index contributed by atoms with van der Waals surface area (Å²) in [7, 11) is 0. The van der Waals surface area contributed by atoms with Crippen LogP contribution in [-0.2, 0) is 4.74 Å². The van der Waals surface area contributed by atoms with E-state index in [-0.39, 0.29) is 6.10 Å². The van der Waals surface area contributed by atoms with Crippen LogP contribution in [0.3, 0.4) is 0 Å². The standard InChI is InChI=1S/C15H23NO2/c1-12-6-3-4-8-15(12)18-13(2)10-16-11-14-7-5-9-17-14/h3-4,6,8,13-14,16H,5,7,9-11H2,1-2H3. The van der Waals surface area contributed by atoms with Crippen molar-refractivity contribution in [2.75, 3.05) is 19.7 Å². The molecular weight excluding hydrogens is 226 g/mol. The monoisotopic (exact) mass is 249 g/mol. The number of rotatable bonds is 6. The molecule has 1 aromatic rings. The molecule has 0 aliphatic carbocycles. The molecule has 0 spiro atoms. The third-order valence-electron chi connectivity index (χ3n) is 3.25. The minimum Gasteiger partial charge on any atom is -0.489 e. The van der Waals surface area contributed by atoms with E-state index in [1.54, 1.807) is 0 Å². The molecule has 2 rings (SSSR count). The molecule has 0 bridgehead atoms. The molecule has 0 saturated carbocycles. The quantitative estimate of drug-likeness (QED) is 0.840. The van der Waals surface area contributed by atoms with Crippen molar-refractivity contribution in [1.29, 1.82) is 0 Å². The van der Waals surface area contributed by atoms with E-state index in [4.69, 9.17) is 9.47 Å². The summed E-state index contributed by atoms with van der Waals surface area (Å²) in [6.07, 6.45) is 2.95. The van der Waals surface area contributed by atoms with Crippen molar-refractivity contribution in [2.45, 2.75) is 38.9 Å². The molecular formula is C15H23NO2. The first-order valence-electron chi connectivity index (χ1n) is 6.80. The van der Waals surface area contributed by atoms with E-state index >= 15 is 0 Å². The van der Waals surface area contributed by atoms with Gasteiger partial charge >= 0.3 is 0 Å². The van der Waals surface area contributed by atoms with Gasteiger partial charge in [-0.3, -0.25) is 0 Å². The molecule has 0 amide bonds. The second-order valence-corrected chi connectivity index (χ2v) is 4.99. The molecule has 1 fully saturated rings. The molecule has 1 aliphatic heterocycles. The topological polar surface area (TPSA) is 30.5 Å². The Morgan fingerprint density at radius 1 is 1.44 bits per heavy atom. The smallest absolute Gasteiger partial charge is 0.122 e.